The molecular formula is C22H15FN4O2. The van der Waals surface area contributed by atoms with E-state index >= 15 is 0 Å². The van der Waals surface area contributed by atoms with Gasteiger partial charge in [-0.25, -0.2) is 9.07 Å². The lowest BCUT2D eigenvalue weighted by atomic mass is 9.72. The van der Waals surface area contributed by atoms with Crippen LogP contribution in [0.2, 0.25) is 0 Å². The molecule has 0 unspecified atom stereocenters. The molecule has 2 amide bonds. The van der Waals surface area contributed by atoms with Gasteiger partial charge in [0.25, 0.3) is 0 Å². The Morgan fingerprint density at radius 3 is 2.66 bits per heavy atom. The highest BCUT2D eigenvalue weighted by molar-refractivity contribution is 6.16. The van der Waals surface area contributed by atoms with Crippen LogP contribution < -0.4 is 10.2 Å². The van der Waals surface area contributed by atoms with Crippen LogP contribution in [0.15, 0.2) is 54.7 Å². The van der Waals surface area contributed by atoms with Gasteiger partial charge in [-0.15, -0.1) is 6.42 Å². The monoisotopic (exact) mass is 386 g/mol. The first-order valence-corrected chi connectivity index (χ1v) is 9.05. The molecule has 3 aromatic rings. The third-order valence-corrected chi connectivity index (χ3v) is 5.50. The summed E-state index contributed by atoms with van der Waals surface area (Å²) in [5.74, 6) is 2.01. The Morgan fingerprint density at radius 2 is 1.90 bits per heavy atom. The number of hydrogen-bond donors (Lipinski definition) is 1. The van der Waals surface area contributed by atoms with E-state index in [0.717, 1.165) is 5.56 Å². The molecule has 0 saturated heterocycles. The van der Waals surface area contributed by atoms with Crippen LogP contribution in [-0.4, -0.2) is 28.1 Å². The van der Waals surface area contributed by atoms with Crippen molar-refractivity contribution in [2.24, 2.45) is 0 Å². The van der Waals surface area contributed by atoms with Crippen molar-refractivity contribution in [3.8, 4) is 18.0 Å². The maximum atomic E-state index is 13.6. The molecule has 142 valence electrons. The van der Waals surface area contributed by atoms with E-state index in [2.05, 4.69) is 16.3 Å². The summed E-state index contributed by atoms with van der Waals surface area (Å²) in [5.41, 5.74) is 1.41. The van der Waals surface area contributed by atoms with Crippen molar-refractivity contribution in [2.75, 3.05) is 16.8 Å². The summed E-state index contributed by atoms with van der Waals surface area (Å²) in [6.07, 6.45) is 7.04. The number of terminal acetylenes is 1. The van der Waals surface area contributed by atoms with Crippen molar-refractivity contribution in [3.63, 3.8) is 0 Å². The molecule has 3 heterocycles. The zero-order valence-electron chi connectivity index (χ0n) is 15.2. The molecule has 7 heteroatoms. The smallest absolute Gasteiger partial charge is 0.243 e. The first-order valence-electron chi connectivity index (χ1n) is 9.05. The number of carbonyl (C=O) groups excluding carboxylic acids is 2. The number of halogens is 1. The van der Waals surface area contributed by atoms with E-state index in [4.69, 9.17) is 6.42 Å². The van der Waals surface area contributed by atoms with E-state index in [-0.39, 0.29) is 30.6 Å². The Bertz CT molecular complexity index is 1210. The fourth-order valence-electron chi connectivity index (χ4n) is 4.28. The number of fused-ring (bicyclic) bond motifs is 4. The van der Waals surface area contributed by atoms with Crippen LogP contribution in [0, 0.1) is 18.2 Å². The SMILES string of the molecule is C#CCN1C(=O)[C@]2(CC(=O)Nc3c2cnn3-c2ccc(F)cc2)c2ccccc21. The molecule has 5 rings (SSSR count). The summed E-state index contributed by atoms with van der Waals surface area (Å²) >= 11 is 0. The van der Waals surface area contributed by atoms with Crippen LogP contribution in [0.25, 0.3) is 5.69 Å². The van der Waals surface area contributed by atoms with E-state index in [1.54, 1.807) is 18.3 Å². The van der Waals surface area contributed by atoms with Gasteiger partial charge in [0.1, 0.15) is 17.1 Å². The summed E-state index contributed by atoms with van der Waals surface area (Å²) in [6.45, 7) is 0.112. The fraction of sp³-hybridized carbons (Fsp3) is 0.136. The second kappa shape index (κ2) is 6.04. The van der Waals surface area contributed by atoms with E-state index < -0.39 is 5.41 Å². The predicted molar refractivity (Wildman–Crippen MR) is 105 cm³/mol. The number of rotatable bonds is 2. The largest absolute Gasteiger partial charge is 0.310 e. The van der Waals surface area contributed by atoms with Crippen LogP contribution in [-0.2, 0) is 15.0 Å². The van der Waals surface area contributed by atoms with Gasteiger partial charge in [0.15, 0.2) is 0 Å². The number of amides is 2. The van der Waals surface area contributed by atoms with Crippen molar-refractivity contribution in [1.82, 2.24) is 9.78 Å². The van der Waals surface area contributed by atoms with Gasteiger partial charge >= 0.3 is 0 Å². The lowest BCUT2D eigenvalue weighted by Gasteiger charge is -2.32. The van der Waals surface area contributed by atoms with Gasteiger partial charge in [-0.05, 0) is 35.9 Å². The number of hydrogen-bond acceptors (Lipinski definition) is 3. The molecular weight excluding hydrogens is 371 g/mol. The third kappa shape index (κ3) is 2.26. The maximum absolute atomic E-state index is 13.6. The molecule has 2 aromatic carbocycles. The summed E-state index contributed by atoms with van der Waals surface area (Å²) in [5, 5.41) is 7.23. The highest BCUT2D eigenvalue weighted by Crippen LogP contribution is 2.52. The minimum atomic E-state index is -1.19. The highest BCUT2D eigenvalue weighted by atomic mass is 19.1. The molecule has 0 saturated carbocycles. The van der Waals surface area contributed by atoms with E-state index in [1.807, 2.05) is 24.3 Å². The normalized spacial score (nSPS) is 19.7. The van der Waals surface area contributed by atoms with Crippen LogP contribution >= 0.6 is 0 Å². The minimum Gasteiger partial charge on any atom is -0.310 e. The average molecular weight is 386 g/mol. The molecule has 0 bridgehead atoms. The number of aromatic nitrogens is 2. The summed E-state index contributed by atoms with van der Waals surface area (Å²) in [4.78, 5) is 27.8. The Balaban J connectivity index is 1.75. The van der Waals surface area contributed by atoms with Gasteiger partial charge in [0.05, 0.1) is 18.4 Å². The van der Waals surface area contributed by atoms with Gasteiger partial charge in [-0.3, -0.25) is 14.5 Å². The number of nitrogens with one attached hydrogen (secondary N) is 1. The first kappa shape index (κ1) is 17.2. The van der Waals surface area contributed by atoms with Crippen LogP contribution in [0.4, 0.5) is 15.9 Å². The molecule has 0 fully saturated rings. The summed E-state index contributed by atoms with van der Waals surface area (Å²) < 4.78 is 14.8. The van der Waals surface area contributed by atoms with Crippen molar-refractivity contribution in [1.29, 1.82) is 0 Å². The average Bonchev–Trinajstić information content (AvgIpc) is 3.24. The van der Waals surface area contributed by atoms with Crippen molar-refractivity contribution >= 4 is 23.3 Å². The van der Waals surface area contributed by atoms with Crippen LogP contribution in [0.5, 0.6) is 0 Å². The van der Waals surface area contributed by atoms with E-state index in [9.17, 15) is 14.0 Å². The molecule has 6 nitrogen and oxygen atoms in total. The van der Waals surface area contributed by atoms with Crippen molar-refractivity contribution in [3.05, 3.63) is 71.7 Å². The van der Waals surface area contributed by atoms with Gasteiger partial charge in [-0.1, -0.05) is 24.1 Å². The number of nitrogens with zero attached hydrogens (tertiary/aromatic N) is 3. The second-order valence-electron chi connectivity index (χ2n) is 7.04. The van der Waals surface area contributed by atoms with E-state index in [0.29, 0.717) is 22.8 Å². The minimum absolute atomic E-state index is 0.0357. The Labute approximate surface area is 165 Å². The molecule has 2 aliphatic heterocycles. The Hall–Kier alpha value is -3.92. The maximum Gasteiger partial charge on any atom is 0.243 e. The molecule has 1 spiro atoms. The predicted octanol–water partition coefficient (Wildman–Crippen LogP) is 2.62. The lowest BCUT2D eigenvalue weighted by Crippen LogP contribution is -2.46. The van der Waals surface area contributed by atoms with Gasteiger partial charge in [-0.2, -0.15) is 5.10 Å². The second-order valence-corrected chi connectivity index (χ2v) is 7.04. The van der Waals surface area contributed by atoms with Crippen molar-refractivity contribution in [2.45, 2.75) is 11.8 Å². The lowest BCUT2D eigenvalue weighted by molar-refractivity contribution is -0.126. The van der Waals surface area contributed by atoms with E-state index in [1.165, 1.54) is 21.7 Å². The van der Waals surface area contributed by atoms with Crippen molar-refractivity contribution < 1.29 is 14.0 Å². The zero-order chi connectivity index (χ0) is 20.2. The number of benzene rings is 2. The number of carbonyl (C=O) groups is 2. The number of anilines is 2. The molecule has 29 heavy (non-hydrogen) atoms. The van der Waals surface area contributed by atoms with Crippen LogP contribution in [0.3, 0.4) is 0 Å². The van der Waals surface area contributed by atoms with Gasteiger partial charge in [0.2, 0.25) is 11.8 Å². The molecule has 2 aliphatic rings. The Kier molecular flexibility index (Phi) is 3.58. The number of para-hydroxylation sites is 1. The molecule has 1 N–H and O–H groups in total. The van der Waals surface area contributed by atoms with Crippen LogP contribution in [0.1, 0.15) is 17.5 Å². The van der Waals surface area contributed by atoms with Gasteiger partial charge in [0, 0.05) is 17.7 Å². The standard InChI is InChI=1S/C22H15FN4O2/c1-2-11-26-18-6-4-3-5-16(18)22(21(26)29)12-19(28)25-20-17(22)13-24-27(20)15-9-7-14(23)8-10-15/h1,3-10,13H,11-12H2,(H,25,28)/t22-/m1/s1. The van der Waals surface area contributed by atoms with Gasteiger partial charge < -0.3 is 5.32 Å². The summed E-state index contributed by atoms with van der Waals surface area (Å²) in [6, 6.07) is 13.1. The fourth-order valence-corrected chi connectivity index (χ4v) is 4.28. The Morgan fingerprint density at radius 1 is 1.14 bits per heavy atom. The third-order valence-electron chi connectivity index (χ3n) is 5.50. The first-order chi connectivity index (χ1) is 14.1. The zero-order valence-corrected chi connectivity index (χ0v) is 15.2. The molecule has 1 aromatic heterocycles. The topological polar surface area (TPSA) is 67.2 Å². The summed E-state index contributed by atoms with van der Waals surface area (Å²) in [7, 11) is 0. The molecule has 0 radical (unpaired) electrons. The molecule has 0 aliphatic carbocycles. The quantitative estimate of drug-likeness (QED) is 0.689. The molecule has 1 atom stereocenters. The highest BCUT2D eigenvalue weighted by Gasteiger charge is 2.56.